The van der Waals surface area contributed by atoms with Crippen LogP contribution in [0.5, 0.6) is 0 Å². The molecule has 1 aromatic carbocycles. The predicted octanol–water partition coefficient (Wildman–Crippen LogP) is 0.680. The van der Waals surface area contributed by atoms with Crippen molar-refractivity contribution in [2.45, 2.75) is 19.8 Å². The van der Waals surface area contributed by atoms with Crippen molar-refractivity contribution in [3.63, 3.8) is 0 Å². The molecule has 0 radical (unpaired) electrons. The van der Waals surface area contributed by atoms with E-state index in [9.17, 15) is 0 Å². The minimum atomic E-state index is 1.11. The van der Waals surface area contributed by atoms with E-state index < -0.39 is 0 Å². The summed E-state index contributed by atoms with van der Waals surface area (Å²) in [4.78, 5) is 3.34. The first kappa shape index (κ1) is 8.30. The van der Waals surface area contributed by atoms with Gasteiger partial charge in [0.2, 0.25) is 5.84 Å². The second kappa shape index (κ2) is 3.60. The SMILES string of the molecule is Cc1ccccc1NC1=[NH+]CCC1. The zero-order valence-electron chi connectivity index (χ0n) is 7.93. The van der Waals surface area contributed by atoms with Crippen LogP contribution in [0.15, 0.2) is 24.3 Å². The fraction of sp³-hybridized carbons (Fsp3) is 0.364. The summed E-state index contributed by atoms with van der Waals surface area (Å²) >= 11 is 0. The summed E-state index contributed by atoms with van der Waals surface area (Å²) in [5.74, 6) is 1.26. The van der Waals surface area contributed by atoms with Crippen LogP contribution in [0.2, 0.25) is 0 Å². The molecule has 1 aromatic rings. The molecular weight excluding hydrogens is 160 g/mol. The summed E-state index contributed by atoms with van der Waals surface area (Å²) in [6.45, 7) is 3.23. The van der Waals surface area contributed by atoms with Crippen molar-refractivity contribution in [3.8, 4) is 0 Å². The average molecular weight is 175 g/mol. The summed E-state index contributed by atoms with van der Waals surface area (Å²) in [7, 11) is 0. The number of para-hydroxylation sites is 1. The van der Waals surface area contributed by atoms with Crippen molar-refractivity contribution in [3.05, 3.63) is 29.8 Å². The zero-order chi connectivity index (χ0) is 9.10. The molecule has 0 aromatic heterocycles. The molecule has 0 saturated heterocycles. The second-order valence-electron chi connectivity index (χ2n) is 3.45. The highest BCUT2D eigenvalue weighted by Crippen LogP contribution is 2.13. The van der Waals surface area contributed by atoms with E-state index in [0.717, 1.165) is 13.0 Å². The normalized spacial score (nSPS) is 15.6. The molecule has 13 heavy (non-hydrogen) atoms. The molecule has 1 aliphatic rings. The Balaban J connectivity index is 2.13. The first-order valence-electron chi connectivity index (χ1n) is 4.78. The van der Waals surface area contributed by atoms with E-state index in [1.54, 1.807) is 0 Å². The van der Waals surface area contributed by atoms with Crippen LogP contribution in [0, 0.1) is 6.92 Å². The number of nitrogens with one attached hydrogen (secondary N) is 2. The van der Waals surface area contributed by atoms with Crippen LogP contribution in [0.25, 0.3) is 0 Å². The van der Waals surface area contributed by atoms with Gasteiger partial charge in [-0.05, 0) is 25.0 Å². The molecule has 2 nitrogen and oxygen atoms in total. The van der Waals surface area contributed by atoms with E-state index in [-0.39, 0.29) is 0 Å². The van der Waals surface area contributed by atoms with Crippen molar-refractivity contribution in [1.29, 1.82) is 0 Å². The van der Waals surface area contributed by atoms with Gasteiger partial charge in [0.15, 0.2) is 0 Å². The van der Waals surface area contributed by atoms with Crippen LogP contribution >= 0.6 is 0 Å². The largest absolute Gasteiger partial charge is 0.278 e. The van der Waals surface area contributed by atoms with Crippen LogP contribution in [0.4, 0.5) is 5.69 Å². The molecule has 0 saturated carbocycles. The molecule has 0 bridgehead atoms. The lowest BCUT2D eigenvalue weighted by Gasteiger charge is -2.01. The molecule has 2 N–H and O–H groups in total. The molecule has 0 amide bonds. The van der Waals surface area contributed by atoms with Crippen molar-refractivity contribution in [2.24, 2.45) is 0 Å². The van der Waals surface area contributed by atoms with E-state index in [1.807, 2.05) is 0 Å². The van der Waals surface area contributed by atoms with Gasteiger partial charge >= 0.3 is 0 Å². The Morgan fingerprint density at radius 1 is 1.31 bits per heavy atom. The molecule has 0 fully saturated rings. The Kier molecular flexibility index (Phi) is 2.30. The molecular formula is C11H15N2+. The van der Waals surface area contributed by atoms with Crippen molar-refractivity contribution in [1.82, 2.24) is 0 Å². The van der Waals surface area contributed by atoms with Crippen LogP contribution < -0.4 is 10.3 Å². The van der Waals surface area contributed by atoms with Gasteiger partial charge in [-0.3, -0.25) is 4.99 Å². The number of benzene rings is 1. The molecule has 1 heterocycles. The molecule has 1 aliphatic heterocycles. The third-order valence-corrected chi connectivity index (χ3v) is 2.37. The lowest BCUT2D eigenvalue weighted by Crippen LogP contribution is -2.71. The summed E-state index contributed by atoms with van der Waals surface area (Å²) in [6.07, 6.45) is 2.39. The van der Waals surface area contributed by atoms with E-state index in [2.05, 4.69) is 41.5 Å². The quantitative estimate of drug-likeness (QED) is 0.645. The summed E-state index contributed by atoms with van der Waals surface area (Å²) in [6, 6.07) is 8.36. The van der Waals surface area contributed by atoms with E-state index >= 15 is 0 Å². The number of aryl methyl sites for hydroxylation is 1. The number of hydrogen-bond donors (Lipinski definition) is 2. The van der Waals surface area contributed by atoms with Crippen LogP contribution in [-0.4, -0.2) is 12.4 Å². The molecule has 2 rings (SSSR count). The van der Waals surface area contributed by atoms with Crippen molar-refractivity contribution >= 4 is 11.5 Å². The highest BCUT2D eigenvalue weighted by Gasteiger charge is 2.13. The third kappa shape index (κ3) is 1.89. The standard InChI is InChI=1S/C11H14N2/c1-9-5-2-3-6-10(9)13-11-7-4-8-12-11/h2-3,5-6H,4,7-8H2,1H3,(H,12,13)/p+1. The van der Waals surface area contributed by atoms with Gasteiger partial charge in [-0.25, -0.2) is 5.32 Å². The van der Waals surface area contributed by atoms with Crippen LogP contribution in [-0.2, 0) is 0 Å². The maximum absolute atomic E-state index is 3.41. The van der Waals surface area contributed by atoms with Crippen LogP contribution in [0.1, 0.15) is 18.4 Å². The Morgan fingerprint density at radius 3 is 2.85 bits per heavy atom. The highest BCUT2D eigenvalue weighted by atomic mass is 15.0. The fourth-order valence-electron chi connectivity index (χ4n) is 1.58. The number of anilines is 1. The summed E-state index contributed by atoms with van der Waals surface area (Å²) < 4.78 is 0. The van der Waals surface area contributed by atoms with Crippen molar-refractivity contribution < 1.29 is 4.99 Å². The topological polar surface area (TPSA) is 26.0 Å². The van der Waals surface area contributed by atoms with E-state index in [0.29, 0.717) is 0 Å². The van der Waals surface area contributed by atoms with E-state index in [1.165, 1.54) is 23.5 Å². The molecule has 68 valence electrons. The first-order chi connectivity index (χ1) is 6.36. The minimum absolute atomic E-state index is 1.11. The number of hydrogen-bond acceptors (Lipinski definition) is 1. The maximum atomic E-state index is 3.41. The number of rotatable bonds is 1. The smallest absolute Gasteiger partial charge is 0.247 e. The Labute approximate surface area is 78.7 Å². The number of amidine groups is 1. The molecule has 2 heteroatoms. The van der Waals surface area contributed by atoms with Gasteiger partial charge in [0.05, 0.1) is 13.0 Å². The molecule has 0 aliphatic carbocycles. The van der Waals surface area contributed by atoms with Gasteiger partial charge in [0, 0.05) is 0 Å². The Hall–Kier alpha value is -1.31. The predicted molar refractivity (Wildman–Crippen MR) is 54.9 cm³/mol. The Morgan fingerprint density at radius 2 is 2.15 bits per heavy atom. The van der Waals surface area contributed by atoms with Gasteiger partial charge in [-0.1, -0.05) is 18.2 Å². The lowest BCUT2D eigenvalue weighted by atomic mass is 10.2. The maximum Gasteiger partial charge on any atom is 0.247 e. The monoisotopic (exact) mass is 175 g/mol. The molecule has 0 atom stereocenters. The lowest BCUT2D eigenvalue weighted by molar-refractivity contribution is -0.447. The van der Waals surface area contributed by atoms with Crippen LogP contribution in [0.3, 0.4) is 0 Å². The second-order valence-corrected chi connectivity index (χ2v) is 3.45. The fourth-order valence-corrected chi connectivity index (χ4v) is 1.58. The van der Waals surface area contributed by atoms with Gasteiger partial charge < -0.3 is 0 Å². The summed E-state index contributed by atoms with van der Waals surface area (Å²) in [5.41, 5.74) is 2.51. The summed E-state index contributed by atoms with van der Waals surface area (Å²) in [5, 5.41) is 3.41. The molecule has 0 spiro atoms. The molecule has 0 unspecified atom stereocenters. The Bertz CT molecular complexity index is 329. The van der Waals surface area contributed by atoms with E-state index in [4.69, 9.17) is 0 Å². The third-order valence-electron chi connectivity index (χ3n) is 2.37. The van der Waals surface area contributed by atoms with Gasteiger partial charge in [0.1, 0.15) is 5.69 Å². The first-order valence-corrected chi connectivity index (χ1v) is 4.78. The zero-order valence-corrected chi connectivity index (χ0v) is 7.93. The van der Waals surface area contributed by atoms with Gasteiger partial charge in [-0.15, -0.1) is 0 Å². The van der Waals surface area contributed by atoms with Crippen molar-refractivity contribution in [2.75, 3.05) is 11.9 Å². The average Bonchev–Trinajstić information content (AvgIpc) is 2.61. The van der Waals surface area contributed by atoms with Gasteiger partial charge in [0.25, 0.3) is 0 Å². The van der Waals surface area contributed by atoms with Gasteiger partial charge in [-0.2, -0.15) is 0 Å². The highest BCUT2D eigenvalue weighted by molar-refractivity contribution is 5.92. The minimum Gasteiger partial charge on any atom is -0.278 e.